The van der Waals surface area contributed by atoms with E-state index in [4.69, 9.17) is 5.73 Å². The summed E-state index contributed by atoms with van der Waals surface area (Å²) in [6.07, 6.45) is 1.26. The first kappa shape index (κ1) is 14.5. The molecule has 1 amide bonds. The molecule has 6 heteroatoms. The number of hydrogen-bond acceptors (Lipinski definition) is 3. The number of benzene rings is 1. The first-order valence-corrected chi connectivity index (χ1v) is 6.09. The molecule has 0 bridgehead atoms. The van der Waals surface area contributed by atoms with Gasteiger partial charge in [-0.05, 0) is 24.3 Å². The molecule has 0 saturated heterocycles. The molecule has 0 radical (unpaired) electrons. The lowest BCUT2D eigenvalue weighted by Gasteiger charge is -2.06. The van der Waals surface area contributed by atoms with Crippen LogP contribution in [0.1, 0.15) is 15.9 Å². The van der Waals surface area contributed by atoms with Gasteiger partial charge in [-0.2, -0.15) is 0 Å². The van der Waals surface area contributed by atoms with E-state index in [0.29, 0.717) is 5.56 Å². The van der Waals surface area contributed by atoms with E-state index in [9.17, 15) is 14.0 Å². The van der Waals surface area contributed by atoms with Crippen LogP contribution < -0.4 is 16.6 Å². The van der Waals surface area contributed by atoms with E-state index >= 15 is 0 Å². The molecule has 1 heterocycles. The van der Waals surface area contributed by atoms with E-state index in [0.717, 1.165) is 0 Å². The van der Waals surface area contributed by atoms with Crippen molar-refractivity contribution >= 4 is 11.6 Å². The lowest BCUT2D eigenvalue weighted by Crippen LogP contribution is -2.15. The Hall–Kier alpha value is -2.91. The van der Waals surface area contributed by atoms with Crippen LogP contribution in [0.4, 0.5) is 10.1 Å². The topological polar surface area (TPSA) is 88.0 Å². The van der Waals surface area contributed by atoms with Gasteiger partial charge in [-0.1, -0.05) is 11.8 Å². The third-order valence-electron chi connectivity index (χ3n) is 2.60. The molecule has 106 valence electrons. The second-order valence-electron chi connectivity index (χ2n) is 4.10. The highest BCUT2D eigenvalue weighted by atomic mass is 19.1. The van der Waals surface area contributed by atoms with Crippen LogP contribution >= 0.6 is 0 Å². The van der Waals surface area contributed by atoms with Crippen molar-refractivity contribution in [3.05, 3.63) is 63.8 Å². The third kappa shape index (κ3) is 3.78. The minimum absolute atomic E-state index is 0.0319. The highest BCUT2D eigenvalue weighted by Gasteiger charge is 2.09. The van der Waals surface area contributed by atoms with E-state index in [2.05, 4.69) is 22.1 Å². The van der Waals surface area contributed by atoms with Gasteiger partial charge in [-0.25, -0.2) is 4.39 Å². The molecule has 0 spiro atoms. The molecule has 2 rings (SSSR count). The smallest absolute Gasteiger partial charge is 0.257 e. The van der Waals surface area contributed by atoms with Crippen LogP contribution in [0.2, 0.25) is 0 Å². The maximum absolute atomic E-state index is 13.8. The molecule has 0 aliphatic carbocycles. The Labute approximate surface area is 120 Å². The Morgan fingerprint density at radius 2 is 2.14 bits per heavy atom. The van der Waals surface area contributed by atoms with E-state index < -0.39 is 11.7 Å². The van der Waals surface area contributed by atoms with Crippen molar-refractivity contribution in [2.75, 3.05) is 11.9 Å². The van der Waals surface area contributed by atoms with Crippen molar-refractivity contribution in [3.8, 4) is 11.8 Å². The maximum atomic E-state index is 13.8. The molecular weight excluding hydrogens is 273 g/mol. The van der Waals surface area contributed by atoms with Crippen LogP contribution in [0.15, 0.2) is 41.3 Å². The predicted octanol–water partition coefficient (Wildman–Crippen LogP) is 1.08. The van der Waals surface area contributed by atoms with Crippen LogP contribution in [-0.2, 0) is 0 Å². The Balaban J connectivity index is 2.17. The monoisotopic (exact) mass is 285 g/mol. The Morgan fingerprint density at radius 3 is 2.76 bits per heavy atom. The predicted molar refractivity (Wildman–Crippen MR) is 77.3 cm³/mol. The molecule has 0 aliphatic heterocycles. The molecule has 5 nitrogen and oxygen atoms in total. The number of H-pyrrole nitrogens is 1. The summed E-state index contributed by atoms with van der Waals surface area (Å²) >= 11 is 0. The van der Waals surface area contributed by atoms with Crippen LogP contribution in [0, 0.1) is 17.7 Å². The van der Waals surface area contributed by atoms with E-state index in [1.165, 1.54) is 30.5 Å². The van der Waals surface area contributed by atoms with Crippen molar-refractivity contribution in [3.63, 3.8) is 0 Å². The molecule has 0 fully saturated rings. The number of aromatic amines is 1. The summed E-state index contributed by atoms with van der Waals surface area (Å²) in [6.45, 7) is 0.187. The summed E-state index contributed by atoms with van der Waals surface area (Å²) in [5.74, 6) is 4.19. The lowest BCUT2D eigenvalue weighted by molar-refractivity contribution is 0.102. The minimum atomic E-state index is -0.600. The average molecular weight is 285 g/mol. The number of rotatable bonds is 2. The number of pyridine rings is 1. The minimum Gasteiger partial charge on any atom is -0.328 e. The molecule has 21 heavy (non-hydrogen) atoms. The lowest BCUT2D eigenvalue weighted by atomic mass is 10.2. The molecule has 0 atom stereocenters. The van der Waals surface area contributed by atoms with E-state index in [1.54, 1.807) is 6.07 Å². The molecule has 0 saturated carbocycles. The van der Waals surface area contributed by atoms with E-state index in [-0.39, 0.29) is 23.4 Å². The number of nitrogens with two attached hydrogens (primary N) is 1. The maximum Gasteiger partial charge on any atom is 0.257 e. The summed E-state index contributed by atoms with van der Waals surface area (Å²) in [5.41, 5.74) is 5.64. The number of halogens is 1. The summed E-state index contributed by atoms with van der Waals surface area (Å²) in [6, 6.07) is 6.78. The van der Waals surface area contributed by atoms with Crippen LogP contribution in [0.25, 0.3) is 0 Å². The number of hydrogen-bond donors (Lipinski definition) is 3. The fourth-order valence-electron chi connectivity index (χ4n) is 1.59. The first-order chi connectivity index (χ1) is 10.1. The van der Waals surface area contributed by atoms with Crippen molar-refractivity contribution in [1.82, 2.24) is 4.98 Å². The number of anilines is 1. The van der Waals surface area contributed by atoms with Crippen LogP contribution in [0.3, 0.4) is 0 Å². The highest BCUT2D eigenvalue weighted by molar-refractivity contribution is 6.04. The van der Waals surface area contributed by atoms with Crippen LogP contribution in [0.5, 0.6) is 0 Å². The van der Waals surface area contributed by atoms with Gasteiger partial charge < -0.3 is 16.0 Å². The molecule has 4 N–H and O–H groups in total. The summed E-state index contributed by atoms with van der Waals surface area (Å²) < 4.78 is 13.8. The van der Waals surface area contributed by atoms with Gasteiger partial charge in [-0.15, -0.1) is 0 Å². The molecule has 2 aromatic rings. The zero-order valence-corrected chi connectivity index (χ0v) is 10.9. The van der Waals surface area contributed by atoms with E-state index in [1.807, 2.05) is 0 Å². The fraction of sp³-hybridized carbons (Fsp3) is 0.0667. The van der Waals surface area contributed by atoms with Gasteiger partial charge in [0, 0.05) is 17.8 Å². The second-order valence-corrected chi connectivity index (χ2v) is 4.10. The number of carbonyl (C=O) groups excluding carboxylic acids is 1. The molecule has 0 unspecified atom stereocenters. The van der Waals surface area contributed by atoms with Gasteiger partial charge >= 0.3 is 0 Å². The van der Waals surface area contributed by atoms with Crippen molar-refractivity contribution in [2.24, 2.45) is 5.73 Å². The quantitative estimate of drug-likeness (QED) is 0.721. The number of amides is 1. The number of nitrogens with one attached hydrogen (secondary N) is 2. The van der Waals surface area contributed by atoms with Gasteiger partial charge in [0.1, 0.15) is 5.82 Å². The number of carbonyl (C=O) groups is 1. The molecule has 1 aromatic carbocycles. The summed E-state index contributed by atoms with van der Waals surface area (Å²) in [7, 11) is 0. The summed E-state index contributed by atoms with van der Waals surface area (Å²) in [4.78, 5) is 25.2. The van der Waals surface area contributed by atoms with Crippen molar-refractivity contribution < 1.29 is 9.18 Å². The fourth-order valence-corrected chi connectivity index (χ4v) is 1.59. The zero-order chi connectivity index (χ0) is 15.2. The average Bonchev–Trinajstić information content (AvgIpc) is 2.48. The molecule has 1 aromatic heterocycles. The zero-order valence-electron chi connectivity index (χ0n) is 10.9. The second kappa shape index (κ2) is 6.50. The number of aromatic nitrogens is 1. The van der Waals surface area contributed by atoms with Gasteiger partial charge in [-0.3, -0.25) is 9.59 Å². The van der Waals surface area contributed by atoms with Crippen LogP contribution in [-0.4, -0.2) is 17.4 Å². The Bertz CT molecular complexity index is 767. The molecule has 0 aliphatic rings. The van der Waals surface area contributed by atoms with Crippen molar-refractivity contribution in [1.29, 1.82) is 0 Å². The largest absolute Gasteiger partial charge is 0.328 e. The van der Waals surface area contributed by atoms with Gasteiger partial charge in [0.25, 0.3) is 5.91 Å². The standard InChI is InChI=1S/C15H12FN3O2/c16-12-8-10(2-1-7-17)3-5-13(12)19-15(21)11-4-6-14(20)18-9-11/h3-6,8-9H,7,17H2,(H,18,20)(H,19,21). The van der Waals surface area contributed by atoms with Crippen molar-refractivity contribution in [2.45, 2.75) is 0 Å². The van der Waals surface area contributed by atoms with Gasteiger partial charge in [0.15, 0.2) is 0 Å². The highest BCUT2D eigenvalue weighted by Crippen LogP contribution is 2.16. The summed E-state index contributed by atoms with van der Waals surface area (Å²) in [5, 5.41) is 2.42. The normalized spacial score (nSPS) is 9.62. The molecular formula is C15H12FN3O2. The SMILES string of the molecule is NCC#Cc1ccc(NC(=O)c2ccc(=O)[nH]c2)c(F)c1. The van der Waals surface area contributed by atoms with Gasteiger partial charge in [0.05, 0.1) is 17.8 Å². The third-order valence-corrected chi connectivity index (χ3v) is 2.60. The first-order valence-electron chi connectivity index (χ1n) is 6.09. The van der Waals surface area contributed by atoms with Gasteiger partial charge in [0.2, 0.25) is 5.56 Å². The Morgan fingerprint density at radius 1 is 1.33 bits per heavy atom. The Kier molecular flexibility index (Phi) is 4.49.